The predicted octanol–water partition coefficient (Wildman–Crippen LogP) is 4.33. The summed E-state index contributed by atoms with van der Waals surface area (Å²) in [5, 5.41) is 22.3. The van der Waals surface area contributed by atoms with Gasteiger partial charge in [0.15, 0.2) is 23.1 Å². The number of Topliss-reactive ketones (excluding diaryl/α,β-unsaturated/α-hetero) is 1. The number of phenolic OH excluding ortho intramolecular Hbond substituents is 1. The number of amides is 2. The van der Waals surface area contributed by atoms with Crippen LogP contribution in [0.2, 0.25) is 0 Å². The molecule has 6 rings (SSSR count). The Bertz CT molecular complexity index is 1650. The first-order chi connectivity index (χ1) is 19.6. The van der Waals surface area contributed by atoms with Crippen molar-refractivity contribution in [3.63, 3.8) is 0 Å². The number of fused-ring (bicyclic) bond motifs is 3. The van der Waals surface area contributed by atoms with Gasteiger partial charge in [0.05, 0.1) is 29.1 Å². The van der Waals surface area contributed by atoms with E-state index in [1.807, 2.05) is 6.08 Å². The van der Waals surface area contributed by atoms with E-state index >= 15 is 0 Å². The summed E-state index contributed by atoms with van der Waals surface area (Å²) in [6.07, 6.45) is 3.51. The molecule has 2 aromatic rings. The number of ether oxygens (including phenoxy) is 1. The highest BCUT2D eigenvalue weighted by Crippen LogP contribution is 2.57. The van der Waals surface area contributed by atoms with Gasteiger partial charge in [0.1, 0.15) is 0 Å². The van der Waals surface area contributed by atoms with Gasteiger partial charge in [-0.1, -0.05) is 23.8 Å². The van der Waals surface area contributed by atoms with Crippen molar-refractivity contribution in [2.24, 2.45) is 17.8 Å². The number of benzene rings is 2. The molecule has 0 bridgehead atoms. The van der Waals surface area contributed by atoms with Crippen molar-refractivity contribution >= 4 is 34.8 Å². The molecule has 208 valence electrons. The number of para-hydroxylation sites is 1. The number of hydrogen-bond acceptors (Lipinski definition) is 8. The maximum Gasteiger partial charge on any atom is 0.269 e. The van der Waals surface area contributed by atoms with Gasteiger partial charge in [-0.15, -0.1) is 0 Å². The molecule has 10 nitrogen and oxygen atoms in total. The van der Waals surface area contributed by atoms with Crippen molar-refractivity contribution in [2.75, 3.05) is 11.5 Å². The van der Waals surface area contributed by atoms with Crippen LogP contribution in [0.25, 0.3) is 0 Å². The standard InChI is InChI=1S/C31H26N2O8/c1-3-41-24-6-4-5-19(29(24)36)25-18-11-12-20-26(21(18)14-22-27(25)23(34)13-15(2)28(22)35)31(38)32(30(20)37)16-7-9-17(10-8-16)33(39)40/h4-11,13,20-21,25-26,36H,3,12,14H2,1-2H3/t20-,21+,25+,26-/m0/s1. The quantitative estimate of drug-likeness (QED) is 0.189. The molecule has 41 heavy (non-hydrogen) atoms. The molecule has 1 fully saturated rings. The van der Waals surface area contributed by atoms with Crippen LogP contribution >= 0.6 is 0 Å². The lowest BCUT2D eigenvalue weighted by molar-refractivity contribution is -0.384. The third-order valence-corrected chi connectivity index (χ3v) is 8.52. The number of carbonyl (C=O) groups excluding carboxylic acids is 4. The lowest BCUT2D eigenvalue weighted by Crippen LogP contribution is -2.39. The predicted molar refractivity (Wildman–Crippen MR) is 146 cm³/mol. The molecule has 1 saturated heterocycles. The minimum Gasteiger partial charge on any atom is -0.504 e. The molecule has 3 aliphatic carbocycles. The number of hydrogen-bond donors (Lipinski definition) is 1. The van der Waals surface area contributed by atoms with Gasteiger partial charge in [-0.25, -0.2) is 0 Å². The van der Waals surface area contributed by atoms with Crippen molar-refractivity contribution in [1.29, 1.82) is 0 Å². The second-order valence-electron chi connectivity index (χ2n) is 10.6. The summed E-state index contributed by atoms with van der Waals surface area (Å²) in [5.74, 6) is -4.28. The van der Waals surface area contributed by atoms with E-state index in [0.717, 1.165) is 4.90 Å². The SMILES string of the molecule is CCOc1cccc([C@H]2C3=CC[C@@H]4C(=O)N(c5ccc([N+](=O)[O-])cc5)C(=O)[C@@H]4[C@@H]3CC3=C2C(=O)C=C(C)C3=O)c1O. The fourth-order valence-corrected chi connectivity index (χ4v) is 6.76. The van der Waals surface area contributed by atoms with Crippen LogP contribution < -0.4 is 9.64 Å². The van der Waals surface area contributed by atoms with Gasteiger partial charge in [-0.2, -0.15) is 0 Å². The number of nitrogens with zero attached hydrogens (tertiary/aromatic N) is 2. The Kier molecular flexibility index (Phi) is 6.21. The summed E-state index contributed by atoms with van der Waals surface area (Å²) < 4.78 is 5.60. The van der Waals surface area contributed by atoms with Crippen LogP contribution in [0.3, 0.4) is 0 Å². The molecule has 0 radical (unpaired) electrons. The van der Waals surface area contributed by atoms with Gasteiger partial charge in [-0.05, 0) is 56.9 Å². The molecule has 0 aromatic heterocycles. The number of rotatable bonds is 5. The number of nitro benzene ring substituents is 1. The molecule has 0 saturated carbocycles. The highest BCUT2D eigenvalue weighted by molar-refractivity contribution is 6.25. The first kappa shape index (κ1) is 26.4. The summed E-state index contributed by atoms with van der Waals surface area (Å²) >= 11 is 0. The first-order valence-corrected chi connectivity index (χ1v) is 13.4. The molecule has 2 aromatic carbocycles. The van der Waals surface area contributed by atoms with Crippen molar-refractivity contribution < 1.29 is 33.9 Å². The molecule has 4 atom stereocenters. The average molecular weight is 555 g/mol. The topological polar surface area (TPSA) is 144 Å². The van der Waals surface area contributed by atoms with E-state index in [-0.39, 0.29) is 58.4 Å². The molecular weight excluding hydrogens is 528 g/mol. The molecule has 0 unspecified atom stereocenters. The van der Waals surface area contributed by atoms with Crippen molar-refractivity contribution in [2.45, 2.75) is 32.6 Å². The zero-order chi connectivity index (χ0) is 29.2. The van der Waals surface area contributed by atoms with Gasteiger partial charge in [-0.3, -0.25) is 34.2 Å². The maximum absolute atomic E-state index is 13.9. The van der Waals surface area contributed by atoms with Crippen LogP contribution in [-0.2, 0) is 19.2 Å². The number of allylic oxidation sites excluding steroid dienone is 6. The Labute approximate surface area is 234 Å². The third kappa shape index (κ3) is 3.93. The Morgan fingerprint density at radius 1 is 1.05 bits per heavy atom. The Hall–Kier alpha value is -4.86. The zero-order valence-electron chi connectivity index (χ0n) is 22.3. The fraction of sp³-hybridized carbons (Fsp3) is 0.290. The Morgan fingerprint density at radius 3 is 2.46 bits per heavy atom. The van der Waals surface area contributed by atoms with E-state index in [2.05, 4.69) is 0 Å². The third-order valence-electron chi connectivity index (χ3n) is 8.52. The maximum atomic E-state index is 13.9. The number of carbonyl (C=O) groups is 4. The van der Waals surface area contributed by atoms with E-state index < -0.39 is 40.4 Å². The average Bonchev–Trinajstić information content (AvgIpc) is 3.21. The molecule has 1 heterocycles. The van der Waals surface area contributed by atoms with Gasteiger partial charge in [0, 0.05) is 40.3 Å². The molecule has 1 N–H and O–H groups in total. The normalized spacial score (nSPS) is 25.4. The molecule has 2 amide bonds. The number of non-ortho nitro benzene ring substituents is 1. The Balaban J connectivity index is 1.47. The van der Waals surface area contributed by atoms with Crippen molar-refractivity contribution in [1.82, 2.24) is 0 Å². The van der Waals surface area contributed by atoms with Crippen LogP contribution in [0.5, 0.6) is 11.5 Å². The van der Waals surface area contributed by atoms with Gasteiger partial charge < -0.3 is 9.84 Å². The lowest BCUT2D eigenvalue weighted by Gasteiger charge is -2.42. The highest BCUT2D eigenvalue weighted by atomic mass is 16.6. The Morgan fingerprint density at radius 2 is 1.78 bits per heavy atom. The summed E-state index contributed by atoms with van der Waals surface area (Å²) in [6.45, 7) is 3.66. The minimum absolute atomic E-state index is 0.105. The molecular formula is C31H26N2O8. The van der Waals surface area contributed by atoms with E-state index in [0.29, 0.717) is 23.3 Å². The monoisotopic (exact) mass is 554 g/mol. The number of anilines is 1. The minimum atomic E-state index is -0.805. The highest BCUT2D eigenvalue weighted by Gasteiger charge is 2.56. The smallest absolute Gasteiger partial charge is 0.269 e. The summed E-state index contributed by atoms with van der Waals surface area (Å²) in [7, 11) is 0. The fourth-order valence-electron chi connectivity index (χ4n) is 6.76. The van der Waals surface area contributed by atoms with Crippen molar-refractivity contribution in [3.05, 3.63) is 92.6 Å². The van der Waals surface area contributed by atoms with Crippen LogP contribution in [0.15, 0.2) is 76.9 Å². The van der Waals surface area contributed by atoms with Crippen molar-refractivity contribution in [3.8, 4) is 11.5 Å². The summed E-state index contributed by atoms with van der Waals surface area (Å²) in [6, 6.07) is 10.2. The number of imide groups is 1. The van der Waals surface area contributed by atoms with Crippen LogP contribution in [0.4, 0.5) is 11.4 Å². The van der Waals surface area contributed by atoms with Gasteiger partial charge >= 0.3 is 0 Å². The number of aromatic hydroxyl groups is 1. The summed E-state index contributed by atoms with van der Waals surface area (Å²) in [5.41, 5.74) is 2.01. The van der Waals surface area contributed by atoms with Crippen LogP contribution in [-0.4, -0.2) is 40.0 Å². The number of nitro groups is 1. The number of ketones is 2. The van der Waals surface area contributed by atoms with E-state index in [4.69, 9.17) is 4.74 Å². The largest absolute Gasteiger partial charge is 0.504 e. The summed E-state index contributed by atoms with van der Waals surface area (Å²) in [4.78, 5) is 66.0. The van der Waals surface area contributed by atoms with E-state index in [1.54, 1.807) is 32.0 Å². The second kappa shape index (κ2) is 9.65. The van der Waals surface area contributed by atoms with E-state index in [1.165, 1.54) is 30.3 Å². The molecule has 4 aliphatic rings. The van der Waals surface area contributed by atoms with Gasteiger partial charge in [0.2, 0.25) is 11.8 Å². The van der Waals surface area contributed by atoms with Crippen LogP contribution in [0.1, 0.15) is 38.2 Å². The molecule has 10 heteroatoms. The lowest BCUT2D eigenvalue weighted by atomic mass is 9.59. The van der Waals surface area contributed by atoms with E-state index in [9.17, 15) is 34.4 Å². The van der Waals surface area contributed by atoms with Crippen LogP contribution in [0, 0.1) is 27.9 Å². The zero-order valence-corrected chi connectivity index (χ0v) is 22.3. The van der Waals surface area contributed by atoms with Gasteiger partial charge in [0.25, 0.3) is 5.69 Å². The second-order valence-corrected chi connectivity index (χ2v) is 10.6. The molecule has 0 spiro atoms. The molecule has 1 aliphatic heterocycles. The first-order valence-electron chi connectivity index (χ1n) is 13.4. The number of phenols is 1.